The number of ether oxygens (including phenoxy) is 1. The lowest BCUT2D eigenvalue weighted by Gasteiger charge is -2.03. The monoisotopic (exact) mass is 250 g/mol. The molecule has 2 rings (SSSR count). The third-order valence-corrected chi connectivity index (χ3v) is 3.19. The van der Waals surface area contributed by atoms with Crippen molar-refractivity contribution >= 4 is 26.7 Å². The molecular weight excluding hydrogens is 232 g/mol. The van der Waals surface area contributed by atoms with Gasteiger partial charge in [-0.1, -0.05) is 18.3 Å². The smallest absolute Gasteiger partial charge is 0.183 e. The summed E-state index contributed by atoms with van der Waals surface area (Å²) in [6, 6.07) is 6.47. The topological polar surface area (TPSA) is 34.1 Å². The number of anilines is 1. The molecule has 0 bridgehead atoms. The number of hydrogen-bond acceptors (Lipinski definition) is 4. The van der Waals surface area contributed by atoms with Crippen LogP contribution in [0, 0.1) is 0 Å². The summed E-state index contributed by atoms with van der Waals surface area (Å²) in [4.78, 5) is 4.53. The molecule has 0 fully saturated rings. The van der Waals surface area contributed by atoms with Gasteiger partial charge in [0, 0.05) is 6.04 Å². The van der Waals surface area contributed by atoms with Gasteiger partial charge in [-0.05, 0) is 38.5 Å². The first-order valence-corrected chi connectivity index (χ1v) is 6.80. The highest BCUT2D eigenvalue weighted by atomic mass is 32.1. The van der Waals surface area contributed by atoms with Crippen LogP contribution in [0.3, 0.4) is 0 Å². The van der Waals surface area contributed by atoms with Crippen molar-refractivity contribution in [2.75, 3.05) is 11.9 Å². The zero-order valence-electron chi connectivity index (χ0n) is 10.5. The van der Waals surface area contributed by atoms with E-state index in [1.165, 1.54) is 4.70 Å². The van der Waals surface area contributed by atoms with E-state index in [2.05, 4.69) is 37.1 Å². The fraction of sp³-hybridized carbons (Fsp3) is 0.462. The fourth-order valence-electron chi connectivity index (χ4n) is 1.52. The largest absolute Gasteiger partial charge is 0.494 e. The van der Waals surface area contributed by atoms with Crippen molar-refractivity contribution in [3.63, 3.8) is 0 Å². The third-order valence-electron chi connectivity index (χ3n) is 2.24. The SMILES string of the molecule is CCCOc1ccc2nc(NC(C)C)sc2c1. The van der Waals surface area contributed by atoms with Crippen molar-refractivity contribution in [3.8, 4) is 5.75 Å². The van der Waals surface area contributed by atoms with E-state index in [1.54, 1.807) is 11.3 Å². The Morgan fingerprint density at radius 2 is 2.24 bits per heavy atom. The van der Waals surface area contributed by atoms with E-state index in [4.69, 9.17) is 4.74 Å². The van der Waals surface area contributed by atoms with Crippen LogP contribution in [0.4, 0.5) is 5.13 Å². The molecule has 0 aliphatic carbocycles. The first kappa shape index (κ1) is 12.2. The third kappa shape index (κ3) is 3.09. The first-order valence-electron chi connectivity index (χ1n) is 5.99. The number of thiazole rings is 1. The van der Waals surface area contributed by atoms with E-state index in [0.717, 1.165) is 29.4 Å². The molecule has 1 heterocycles. The molecule has 1 aromatic heterocycles. The van der Waals surface area contributed by atoms with Crippen LogP contribution in [0.1, 0.15) is 27.2 Å². The van der Waals surface area contributed by atoms with Crippen molar-refractivity contribution in [1.82, 2.24) is 4.98 Å². The van der Waals surface area contributed by atoms with Crippen molar-refractivity contribution < 1.29 is 4.74 Å². The van der Waals surface area contributed by atoms with E-state index < -0.39 is 0 Å². The average molecular weight is 250 g/mol. The Hall–Kier alpha value is -1.29. The van der Waals surface area contributed by atoms with Gasteiger partial charge in [-0.25, -0.2) is 4.98 Å². The van der Waals surface area contributed by atoms with Crippen molar-refractivity contribution in [1.29, 1.82) is 0 Å². The van der Waals surface area contributed by atoms with E-state index >= 15 is 0 Å². The molecule has 0 unspecified atom stereocenters. The van der Waals surface area contributed by atoms with Gasteiger partial charge < -0.3 is 10.1 Å². The van der Waals surface area contributed by atoms with Gasteiger partial charge in [-0.2, -0.15) is 0 Å². The predicted molar refractivity (Wildman–Crippen MR) is 74.2 cm³/mol. The lowest BCUT2D eigenvalue weighted by Crippen LogP contribution is -2.08. The molecule has 0 radical (unpaired) electrons. The summed E-state index contributed by atoms with van der Waals surface area (Å²) in [5, 5.41) is 4.30. The molecule has 0 spiro atoms. The Morgan fingerprint density at radius 3 is 2.94 bits per heavy atom. The second-order valence-electron chi connectivity index (χ2n) is 4.30. The van der Waals surface area contributed by atoms with Gasteiger partial charge in [-0.15, -0.1) is 0 Å². The summed E-state index contributed by atoms with van der Waals surface area (Å²) in [7, 11) is 0. The number of nitrogens with one attached hydrogen (secondary N) is 1. The first-order chi connectivity index (χ1) is 8.19. The van der Waals surface area contributed by atoms with Gasteiger partial charge in [0.15, 0.2) is 5.13 Å². The zero-order chi connectivity index (χ0) is 12.3. The maximum atomic E-state index is 5.61. The molecule has 0 saturated heterocycles. The minimum Gasteiger partial charge on any atom is -0.494 e. The quantitative estimate of drug-likeness (QED) is 0.873. The highest BCUT2D eigenvalue weighted by Crippen LogP contribution is 2.29. The van der Waals surface area contributed by atoms with Gasteiger partial charge in [-0.3, -0.25) is 0 Å². The van der Waals surface area contributed by atoms with Crippen LogP contribution < -0.4 is 10.1 Å². The van der Waals surface area contributed by atoms with Crippen LogP contribution >= 0.6 is 11.3 Å². The Morgan fingerprint density at radius 1 is 1.41 bits per heavy atom. The highest BCUT2D eigenvalue weighted by Gasteiger charge is 2.05. The van der Waals surface area contributed by atoms with Crippen LogP contribution in [-0.2, 0) is 0 Å². The zero-order valence-corrected chi connectivity index (χ0v) is 11.3. The van der Waals surface area contributed by atoms with Crippen LogP contribution in [0.25, 0.3) is 10.2 Å². The minimum absolute atomic E-state index is 0.409. The molecular formula is C13H18N2OS. The molecule has 0 aliphatic rings. The molecule has 0 atom stereocenters. The molecule has 0 saturated carbocycles. The van der Waals surface area contributed by atoms with Crippen LogP contribution in [-0.4, -0.2) is 17.6 Å². The summed E-state index contributed by atoms with van der Waals surface area (Å²) in [5.74, 6) is 0.930. The number of rotatable bonds is 5. The lowest BCUT2D eigenvalue weighted by atomic mass is 10.3. The van der Waals surface area contributed by atoms with E-state index in [-0.39, 0.29) is 0 Å². The van der Waals surface area contributed by atoms with Crippen molar-refractivity contribution in [3.05, 3.63) is 18.2 Å². The fourth-order valence-corrected chi connectivity index (χ4v) is 2.56. The second-order valence-corrected chi connectivity index (χ2v) is 5.33. The van der Waals surface area contributed by atoms with Gasteiger partial charge >= 0.3 is 0 Å². The number of aromatic nitrogens is 1. The molecule has 4 heteroatoms. The summed E-state index contributed by atoms with van der Waals surface area (Å²) in [5.41, 5.74) is 1.03. The maximum Gasteiger partial charge on any atom is 0.183 e. The normalized spacial score (nSPS) is 11.1. The molecule has 2 aromatic rings. The van der Waals surface area contributed by atoms with E-state index in [1.807, 2.05) is 12.1 Å². The Bertz CT molecular complexity index is 493. The van der Waals surface area contributed by atoms with Crippen LogP contribution in [0.5, 0.6) is 5.75 Å². The highest BCUT2D eigenvalue weighted by molar-refractivity contribution is 7.22. The number of hydrogen-bond donors (Lipinski definition) is 1. The van der Waals surface area contributed by atoms with Crippen molar-refractivity contribution in [2.24, 2.45) is 0 Å². The predicted octanol–water partition coefficient (Wildman–Crippen LogP) is 3.91. The van der Waals surface area contributed by atoms with Crippen molar-refractivity contribution in [2.45, 2.75) is 33.2 Å². The summed E-state index contributed by atoms with van der Waals surface area (Å²) in [6.07, 6.45) is 1.03. The molecule has 92 valence electrons. The second kappa shape index (κ2) is 5.36. The number of benzene rings is 1. The minimum atomic E-state index is 0.409. The van der Waals surface area contributed by atoms with E-state index in [0.29, 0.717) is 6.04 Å². The molecule has 0 aliphatic heterocycles. The molecule has 0 amide bonds. The lowest BCUT2D eigenvalue weighted by molar-refractivity contribution is 0.318. The molecule has 3 nitrogen and oxygen atoms in total. The Kier molecular flexibility index (Phi) is 3.84. The average Bonchev–Trinajstić information content (AvgIpc) is 2.66. The summed E-state index contributed by atoms with van der Waals surface area (Å²) in [6.45, 7) is 7.10. The summed E-state index contributed by atoms with van der Waals surface area (Å²) < 4.78 is 6.78. The number of fused-ring (bicyclic) bond motifs is 1. The van der Waals surface area contributed by atoms with Crippen LogP contribution in [0.2, 0.25) is 0 Å². The van der Waals surface area contributed by atoms with Crippen LogP contribution in [0.15, 0.2) is 18.2 Å². The van der Waals surface area contributed by atoms with Gasteiger partial charge in [0.2, 0.25) is 0 Å². The number of nitrogens with zero attached hydrogens (tertiary/aromatic N) is 1. The Labute approximate surface area is 106 Å². The maximum absolute atomic E-state index is 5.61. The van der Waals surface area contributed by atoms with E-state index in [9.17, 15) is 0 Å². The molecule has 1 N–H and O–H groups in total. The summed E-state index contributed by atoms with van der Waals surface area (Å²) >= 11 is 1.67. The van der Waals surface area contributed by atoms with Gasteiger partial charge in [0.1, 0.15) is 5.75 Å². The standard InChI is InChI=1S/C13H18N2OS/c1-4-7-16-10-5-6-11-12(8-10)17-13(15-11)14-9(2)3/h5-6,8-9H,4,7H2,1-3H3,(H,14,15). The molecule has 17 heavy (non-hydrogen) atoms. The van der Waals surface area contributed by atoms with Gasteiger partial charge in [0.25, 0.3) is 0 Å². The molecule has 1 aromatic carbocycles. The van der Waals surface area contributed by atoms with Gasteiger partial charge in [0.05, 0.1) is 16.8 Å². The Balaban J connectivity index is 2.21.